The molecule has 0 aliphatic carbocycles. The average Bonchev–Trinajstić information content (AvgIpc) is 3.02. The van der Waals surface area contributed by atoms with Crippen LogP contribution in [0.3, 0.4) is 0 Å². The summed E-state index contributed by atoms with van der Waals surface area (Å²) in [6.45, 7) is 4.35. The summed E-state index contributed by atoms with van der Waals surface area (Å²) in [4.78, 5) is 43.1. The van der Waals surface area contributed by atoms with Crippen molar-refractivity contribution in [3.05, 3.63) is 59.1 Å². The second-order valence-electron chi connectivity index (χ2n) is 6.61. The zero-order valence-electron chi connectivity index (χ0n) is 17.1. The van der Waals surface area contributed by atoms with Gasteiger partial charge in [-0.05, 0) is 56.3 Å². The highest BCUT2D eigenvalue weighted by molar-refractivity contribution is 8.15. The monoisotopic (exact) mass is 459 g/mol. The normalized spacial score (nSPS) is 17.1. The minimum Gasteiger partial charge on any atom is -0.462 e. The van der Waals surface area contributed by atoms with Crippen molar-refractivity contribution in [1.82, 2.24) is 4.90 Å². The van der Waals surface area contributed by atoms with Gasteiger partial charge in [0.1, 0.15) is 5.25 Å². The van der Waals surface area contributed by atoms with Crippen LogP contribution in [0.4, 0.5) is 11.4 Å². The lowest BCUT2D eigenvalue weighted by Gasteiger charge is -2.13. The summed E-state index contributed by atoms with van der Waals surface area (Å²) in [7, 11) is 0. The number of rotatable bonds is 7. The zero-order chi connectivity index (χ0) is 22.4. The molecule has 1 heterocycles. The van der Waals surface area contributed by atoms with Gasteiger partial charge < -0.3 is 10.1 Å². The first kappa shape index (κ1) is 22.8. The molecule has 2 aromatic rings. The number of nitrogens with one attached hydrogen (secondary N) is 1. The maximum Gasteiger partial charge on any atom is 0.338 e. The molecule has 0 saturated carbocycles. The molecular weight excluding hydrogens is 438 g/mol. The van der Waals surface area contributed by atoms with E-state index in [2.05, 4.69) is 10.3 Å². The summed E-state index contributed by atoms with van der Waals surface area (Å²) in [5.74, 6) is -0.826. The summed E-state index contributed by atoms with van der Waals surface area (Å²) >= 11 is 7.20. The molecule has 0 spiro atoms. The van der Waals surface area contributed by atoms with Crippen molar-refractivity contribution in [2.24, 2.45) is 4.99 Å². The first-order chi connectivity index (χ1) is 14.9. The van der Waals surface area contributed by atoms with E-state index in [0.717, 1.165) is 0 Å². The van der Waals surface area contributed by atoms with Gasteiger partial charge in [0.2, 0.25) is 11.8 Å². The lowest BCUT2D eigenvalue weighted by molar-refractivity contribution is -0.128. The zero-order valence-corrected chi connectivity index (χ0v) is 18.7. The van der Waals surface area contributed by atoms with E-state index in [9.17, 15) is 14.4 Å². The minimum atomic E-state index is -0.559. The molecular formula is C22H22ClN3O4S. The van der Waals surface area contributed by atoms with Crippen LogP contribution in [-0.2, 0) is 14.3 Å². The van der Waals surface area contributed by atoms with Gasteiger partial charge in [-0.3, -0.25) is 14.5 Å². The fraction of sp³-hybridized carbons (Fsp3) is 0.273. The highest BCUT2D eigenvalue weighted by atomic mass is 35.5. The van der Waals surface area contributed by atoms with E-state index in [-0.39, 0.29) is 18.2 Å². The predicted octanol–water partition coefficient (Wildman–Crippen LogP) is 4.50. The smallest absolute Gasteiger partial charge is 0.338 e. The standard InChI is InChI=1S/C22H22ClN3O4S/c1-3-26-20(28)18(13-19(27)24-17-7-5-6-15(23)12-17)31-22(26)25-16-10-8-14(9-11-16)21(29)30-4-2/h5-12,18H,3-4,13H2,1-2H3,(H,24,27)/t18-/m1/s1. The van der Waals surface area contributed by atoms with E-state index in [1.54, 1.807) is 60.4 Å². The van der Waals surface area contributed by atoms with Crippen molar-refractivity contribution in [3.8, 4) is 0 Å². The number of benzene rings is 2. The number of halogens is 1. The molecule has 1 aliphatic heterocycles. The Morgan fingerprint density at radius 3 is 2.58 bits per heavy atom. The van der Waals surface area contributed by atoms with Crippen LogP contribution in [0.25, 0.3) is 0 Å². The molecule has 1 fully saturated rings. The lowest BCUT2D eigenvalue weighted by Crippen LogP contribution is -2.33. The number of hydrogen-bond acceptors (Lipinski definition) is 6. The molecule has 1 atom stereocenters. The average molecular weight is 460 g/mol. The fourth-order valence-electron chi connectivity index (χ4n) is 2.96. The first-order valence-corrected chi connectivity index (χ1v) is 11.1. The summed E-state index contributed by atoms with van der Waals surface area (Å²) < 4.78 is 4.97. The Morgan fingerprint density at radius 1 is 1.19 bits per heavy atom. The van der Waals surface area contributed by atoms with Crippen LogP contribution in [-0.4, -0.2) is 46.3 Å². The van der Waals surface area contributed by atoms with E-state index >= 15 is 0 Å². The molecule has 162 valence electrons. The van der Waals surface area contributed by atoms with Crippen LogP contribution >= 0.6 is 23.4 Å². The summed E-state index contributed by atoms with van der Waals surface area (Å²) in [6, 6.07) is 13.5. The Balaban J connectivity index is 1.69. The molecule has 9 heteroatoms. The van der Waals surface area contributed by atoms with E-state index in [1.165, 1.54) is 11.8 Å². The number of ether oxygens (including phenoxy) is 1. The fourth-order valence-corrected chi connectivity index (χ4v) is 4.37. The van der Waals surface area contributed by atoms with Gasteiger partial charge in [-0.2, -0.15) is 0 Å². The largest absolute Gasteiger partial charge is 0.462 e. The summed E-state index contributed by atoms with van der Waals surface area (Å²) in [5, 5.41) is 3.25. The number of hydrogen-bond donors (Lipinski definition) is 1. The van der Waals surface area contributed by atoms with E-state index in [4.69, 9.17) is 16.3 Å². The number of amidine groups is 1. The van der Waals surface area contributed by atoms with Gasteiger partial charge in [0.25, 0.3) is 0 Å². The number of carbonyl (C=O) groups excluding carboxylic acids is 3. The van der Waals surface area contributed by atoms with Crippen LogP contribution in [0, 0.1) is 0 Å². The molecule has 2 aromatic carbocycles. The van der Waals surface area contributed by atoms with Crippen LogP contribution in [0.2, 0.25) is 5.02 Å². The lowest BCUT2D eigenvalue weighted by atomic mass is 10.2. The molecule has 1 aliphatic rings. The number of esters is 1. The van der Waals surface area contributed by atoms with Gasteiger partial charge in [-0.15, -0.1) is 0 Å². The summed E-state index contributed by atoms with van der Waals surface area (Å²) in [5.41, 5.74) is 1.62. The minimum absolute atomic E-state index is 0.0212. The molecule has 0 radical (unpaired) electrons. The Kier molecular flexibility index (Phi) is 7.70. The maximum absolute atomic E-state index is 12.8. The molecule has 31 heavy (non-hydrogen) atoms. The molecule has 2 amide bonds. The second kappa shape index (κ2) is 10.5. The number of thioether (sulfide) groups is 1. The Morgan fingerprint density at radius 2 is 1.94 bits per heavy atom. The summed E-state index contributed by atoms with van der Waals surface area (Å²) in [6.07, 6.45) is 0.0212. The molecule has 0 aromatic heterocycles. The molecule has 0 bridgehead atoms. The van der Waals surface area contributed by atoms with Gasteiger partial charge in [-0.1, -0.05) is 29.4 Å². The molecule has 0 unspecified atom stereocenters. The van der Waals surface area contributed by atoms with Crippen molar-refractivity contribution in [1.29, 1.82) is 0 Å². The Hall–Kier alpha value is -2.84. The van der Waals surface area contributed by atoms with Crippen LogP contribution < -0.4 is 5.32 Å². The number of anilines is 1. The van der Waals surface area contributed by atoms with Crippen molar-refractivity contribution >= 4 is 57.7 Å². The van der Waals surface area contributed by atoms with E-state index in [0.29, 0.717) is 40.3 Å². The van der Waals surface area contributed by atoms with Crippen LogP contribution in [0.1, 0.15) is 30.6 Å². The van der Waals surface area contributed by atoms with E-state index < -0.39 is 11.2 Å². The van der Waals surface area contributed by atoms with Gasteiger partial charge >= 0.3 is 5.97 Å². The molecule has 3 rings (SSSR count). The van der Waals surface area contributed by atoms with Gasteiger partial charge in [-0.25, -0.2) is 9.79 Å². The topological polar surface area (TPSA) is 88.1 Å². The quantitative estimate of drug-likeness (QED) is 0.616. The Labute approximate surface area is 189 Å². The third kappa shape index (κ3) is 5.86. The van der Waals surface area contributed by atoms with Crippen LogP contribution in [0.5, 0.6) is 0 Å². The van der Waals surface area contributed by atoms with Gasteiger partial charge in [0.05, 0.1) is 17.9 Å². The number of aliphatic imine (C=N–C) groups is 1. The molecule has 1 saturated heterocycles. The third-order valence-corrected chi connectivity index (χ3v) is 5.83. The van der Waals surface area contributed by atoms with Crippen molar-refractivity contribution in [2.45, 2.75) is 25.5 Å². The first-order valence-electron chi connectivity index (χ1n) is 9.80. The number of carbonyl (C=O) groups is 3. The molecule has 7 nitrogen and oxygen atoms in total. The van der Waals surface area contributed by atoms with E-state index in [1.807, 2.05) is 6.92 Å². The third-order valence-electron chi connectivity index (χ3n) is 4.42. The predicted molar refractivity (Wildman–Crippen MR) is 123 cm³/mol. The Bertz CT molecular complexity index is 1010. The number of amides is 2. The van der Waals surface area contributed by atoms with Crippen molar-refractivity contribution < 1.29 is 19.1 Å². The maximum atomic E-state index is 12.8. The second-order valence-corrected chi connectivity index (χ2v) is 8.22. The van der Waals surface area contributed by atoms with Crippen LogP contribution in [0.15, 0.2) is 53.5 Å². The molecule has 1 N–H and O–H groups in total. The van der Waals surface area contributed by atoms with Crippen molar-refractivity contribution in [2.75, 3.05) is 18.5 Å². The number of nitrogens with zero attached hydrogens (tertiary/aromatic N) is 2. The highest BCUT2D eigenvalue weighted by Gasteiger charge is 2.38. The highest BCUT2D eigenvalue weighted by Crippen LogP contribution is 2.32. The van der Waals surface area contributed by atoms with Crippen molar-refractivity contribution in [3.63, 3.8) is 0 Å². The van der Waals surface area contributed by atoms with Gasteiger partial charge in [0.15, 0.2) is 5.17 Å². The SMILES string of the molecule is CCOC(=O)c1ccc(N=C2S[C@H](CC(=O)Nc3cccc(Cl)c3)C(=O)N2CC)cc1. The van der Waals surface area contributed by atoms with Gasteiger partial charge in [0, 0.05) is 23.7 Å².